The van der Waals surface area contributed by atoms with Crippen molar-refractivity contribution in [2.45, 2.75) is 46.6 Å². The third kappa shape index (κ3) is 4.39. The van der Waals surface area contributed by atoms with E-state index < -0.39 is 0 Å². The molecule has 0 aliphatic rings. The van der Waals surface area contributed by atoms with E-state index in [0.717, 1.165) is 47.5 Å². The summed E-state index contributed by atoms with van der Waals surface area (Å²) in [7, 11) is 0. The monoisotopic (exact) mass is 305 g/mol. The van der Waals surface area contributed by atoms with Crippen LogP contribution in [-0.2, 0) is 6.42 Å². The van der Waals surface area contributed by atoms with Gasteiger partial charge >= 0.3 is 0 Å². The van der Waals surface area contributed by atoms with Gasteiger partial charge in [-0.05, 0) is 20.3 Å². The van der Waals surface area contributed by atoms with Crippen molar-refractivity contribution in [1.29, 1.82) is 0 Å². The fourth-order valence-corrected chi connectivity index (χ4v) is 2.73. The molecule has 6 heteroatoms. The van der Waals surface area contributed by atoms with Gasteiger partial charge in [-0.1, -0.05) is 13.8 Å². The van der Waals surface area contributed by atoms with E-state index in [2.05, 4.69) is 51.7 Å². The van der Waals surface area contributed by atoms with E-state index in [0.29, 0.717) is 0 Å². The predicted molar refractivity (Wildman–Crippen MR) is 89.1 cm³/mol. The predicted octanol–water partition coefficient (Wildman–Crippen LogP) is 3.80. The van der Waals surface area contributed by atoms with Gasteiger partial charge in [0.2, 0.25) is 0 Å². The molecule has 0 saturated heterocycles. The Kier molecular flexibility index (Phi) is 5.50. The van der Waals surface area contributed by atoms with Gasteiger partial charge in [-0.3, -0.25) is 0 Å². The number of anilines is 2. The summed E-state index contributed by atoms with van der Waals surface area (Å²) in [6, 6.07) is 2.11. The maximum absolute atomic E-state index is 4.55. The summed E-state index contributed by atoms with van der Waals surface area (Å²) >= 11 is 1.67. The Labute approximate surface area is 130 Å². The van der Waals surface area contributed by atoms with Crippen LogP contribution in [0.1, 0.15) is 49.8 Å². The van der Waals surface area contributed by atoms with Crippen molar-refractivity contribution in [3.05, 3.63) is 28.0 Å². The first-order valence-electron chi connectivity index (χ1n) is 7.42. The second-order valence-corrected chi connectivity index (χ2v) is 5.92. The summed E-state index contributed by atoms with van der Waals surface area (Å²) in [5.41, 5.74) is 1.06. The van der Waals surface area contributed by atoms with Crippen molar-refractivity contribution in [1.82, 2.24) is 15.0 Å². The standard InChI is InChI=1S/C15H23N5S/c1-5-7-16-13-8-14(20-12(6-2)19-13)18-11(4)15-17-10(3)9-21-15/h8-9,11H,5-7H2,1-4H3,(H2,16,18,19,20). The van der Waals surface area contributed by atoms with E-state index in [4.69, 9.17) is 0 Å². The summed E-state index contributed by atoms with van der Waals surface area (Å²) < 4.78 is 0. The zero-order chi connectivity index (χ0) is 15.2. The third-order valence-corrected chi connectivity index (χ3v) is 4.16. The van der Waals surface area contributed by atoms with Crippen molar-refractivity contribution >= 4 is 23.0 Å². The van der Waals surface area contributed by atoms with Crippen LogP contribution in [0.15, 0.2) is 11.4 Å². The van der Waals surface area contributed by atoms with Crippen LogP contribution in [0.5, 0.6) is 0 Å². The number of hydrogen-bond acceptors (Lipinski definition) is 6. The molecule has 0 radical (unpaired) electrons. The first-order chi connectivity index (χ1) is 10.1. The van der Waals surface area contributed by atoms with Gasteiger partial charge in [-0.25, -0.2) is 15.0 Å². The molecule has 0 bridgehead atoms. The van der Waals surface area contributed by atoms with Crippen molar-refractivity contribution < 1.29 is 0 Å². The molecule has 2 aromatic heterocycles. The Balaban J connectivity index is 2.14. The van der Waals surface area contributed by atoms with Crippen LogP contribution in [0.25, 0.3) is 0 Å². The van der Waals surface area contributed by atoms with Crippen LogP contribution in [0.2, 0.25) is 0 Å². The molecule has 5 nitrogen and oxygen atoms in total. The highest BCUT2D eigenvalue weighted by molar-refractivity contribution is 7.09. The summed E-state index contributed by atoms with van der Waals surface area (Å²) in [5, 5.41) is 9.89. The lowest BCUT2D eigenvalue weighted by Gasteiger charge is -2.14. The second-order valence-electron chi connectivity index (χ2n) is 5.03. The van der Waals surface area contributed by atoms with Crippen LogP contribution < -0.4 is 10.6 Å². The molecule has 2 N–H and O–H groups in total. The molecule has 2 heterocycles. The van der Waals surface area contributed by atoms with E-state index in [1.165, 1.54) is 0 Å². The zero-order valence-corrected chi connectivity index (χ0v) is 13.9. The lowest BCUT2D eigenvalue weighted by atomic mass is 10.3. The van der Waals surface area contributed by atoms with E-state index in [1.54, 1.807) is 11.3 Å². The summed E-state index contributed by atoms with van der Waals surface area (Å²) in [6.07, 6.45) is 1.89. The molecule has 114 valence electrons. The summed E-state index contributed by atoms with van der Waals surface area (Å²) in [4.78, 5) is 13.6. The minimum atomic E-state index is 0.141. The Bertz CT molecular complexity index is 581. The average Bonchev–Trinajstić information content (AvgIpc) is 2.91. The van der Waals surface area contributed by atoms with Gasteiger partial charge in [-0.15, -0.1) is 11.3 Å². The molecule has 0 aliphatic heterocycles. The van der Waals surface area contributed by atoms with Gasteiger partial charge in [0, 0.05) is 30.1 Å². The van der Waals surface area contributed by atoms with E-state index >= 15 is 0 Å². The topological polar surface area (TPSA) is 62.7 Å². The fourth-order valence-electron chi connectivity index (χ4n) is 1.93. The lowest BCUT2D eigenvalue weighted by Crippen LogP contribution is -2.11. The highest BCUT2D eigenvalue weighted by atomic mass is 32.1. The Morgan fingerprint density at radius 2 is 1.95 bits per heavy atom. The first kappa shape index (κ1) is 15.7. The molecule has 2 aromatic rings. The second kappa shape index (κ2) is 7.36. The van der Waals surface area contributed by atoms with E-state index in [1.807, 2.05) is 13.0 Å². The van der Waals surface area contributed by atoms with Crippen LogP contribution in [0, 0.1) is 6.92 Å². The van der Waals surface area contributed by atoms with Crippen molar-refractivity contribution in [2.75, 3.05) is 17.2 Å². The van der Waals surface area contributed by atoms with Gasteiger partial charge < -0.3 is 10.6 Å². The molecule has 21 heavy (non-hydrogen) atoms. The third-order valence-electron chi connectivity index (χ3n) is 3.02. The van der Waals surface area contributed by atoms with Gasteiger partial charge in [0.1, 0.15) is 22.5 Å². The van der Waals surface area contributed by atoms with Crippen LogP contribution in [-0.4, -0.2) is 21.5 Å². The molecule has 1 unspecified atom stereocenters. The normalized spacial score (nSPS) is 12.2. The lowest BCUT2D eigenvalue weighted by molar-refractivity contribution is 0.841. The largest absolute Gasteiger partial charge is 0.370 e. The molecule has 0 spiro atoms. The Morgan fingerprint density at radius 3 is 2.57 bits per heavy atom. The average molecular weight is 305 g/mol. The van der Waals surface area contributed by atoms with Crippen molar-refractivity contribution in [2.24, 2.45) is 0 Å². The quantitative estimate of drug-likeness (QED) is 0.814. The number of hydrogen-bond donors (Lipinski definition) is 2. The molecule has 1 atom stereocenters. The van der Waals surface area contributed by atoms with Gasteiger partial charge in [-0.2, -0.15) is 0 Å². The van der Waals surface area contributed by atoms with Crippen LogP contribution in [0.4, 0.5) is 11.6 Å². The molecule has 0 aromatic carbocycles. The van der Waals surface area contributed by atoms with Crippen molar-refractivity contribution in [3.8, 4) is 0 Å². The molecule has 2 rings (SSSR count). The number of nitrogens with zero attached hydrogens (tertiary/aromatic N) is 3. The maximum Gasteiger partial charge on any atom is 0.132 e. The molecule has 0 fully saturated rings. The van der Waals surface area contributed by atoms with Gasteiger partial charge in [0.25, 0.3) is 0 Å². The van der Waals surface area contributed by atoms with Gasteiger partial charge in [0.15, 0.2) is 0 Å². The van der Waals surface area contributed by atoms with Crippen LogP contribution in [0.3, 0.4) is 0 Å². The zero-order valence-electron chi connectivity index (χ0n) is 13.1. The molecular formula is C15H23N5S. The number of nitrogens with one attached hydrogen (secondary N) is 2. The van der Waals surface area contributed by atoms with E-state index in [-0.39, 0.29) is 6.04 Å². The highest BCUT2D eigenvalue weighted by Crippen LogP contribution is 2.22. The summed E-state index contributed by atoms with van der Waals surface area (Å²) in [5.74, 6) is 2.58. The number of aryl methyl sites for hydroxylation is 2. The maximum atomic E-state index is 4.55. The highest BCUT2D eigenvalue weighted by Gasteiger charge is 2.11. The number of thiazole rings is 1. The van der Waals surface area contributed by atoms with E-state index in [9.17, 15) is 0 Å². The first-order valence-corrected chi connectivity index (χ1v) is 8.30. The van der Waals surface area contributed by atoms with Crippen LogP contribution >= 0.6 is 11.3 Å². The molecular weight excluding hydrogens is 282 g/mol. The molecule has 0 amide bonds. The van der Waals surface area contributed by atoms with Gasteiger partial charge in [0.05, 0.1) is 6.04 Å². The molecule has 0 aliphatic carbocycles. The van der Waals surface area contributed by atoms with Crippen molar-refractivity contribution in [3.63, 3.8) is 0 Å². The number of aromatic nitrogens is 3. The minimum absolute atomic E-state index is 0.141. The smallest absolute Gasteiger partial charge is 0.132 e. The Morgan fingerprint density at radius 1 is 1.19 bits per heavy atom. The SMILES string of the molecule is CCCNc1cc(NC(C)c2nc(C)cs2)nc(CC)n1. The summed E-state index contributed by atoms with van der Waals surface area (Å²) in [6.45, 7) is 9.24. The Hall–Kier alpha value is -1.69. The number of rotatable bonds is 7. The minimum Gasteiger partial charge on any atom is -0.370 e. The fraction of sp³-hybridized carbons (Fsp3) is 0.533. The molecule has 0 saturated carbocycles.